The Morgan fingerprint density at radius 3 is 2.63 bits per heavy atom. The highest BCUT2D eigenvalue weighted by atomic mass is 32.2. The molecule has 4 rings (SSSR count). The lowest BCUT2D eigenvalue weighted by Crippen LogP contribution is -2.48. The SMILES string of the molecule is CC(=O)N1CCC(N(Cc2ccc3c(c2)CCO3)S(=O)(=O)c2cccc(C)c2)CC1. The van der Waals surface area contributed by atoms with E-state index >= 15 is 0 Å². The van der Waals surface area contributed by atoms with Crippen LogP contribution in [0.4, 0.5) is 0 Å². The molecule has 7 heteroatoms. The average Bonchev–Trinajstić information content (AvgIpc) is 3.20. The van der Waals surface area contributed by atoms with Gasteiger partial charge in [-0.2, -0.15) is 4.31 Å². The van der Waals surface area contributed by atoms with Gasteiger partial charge in [0.25, 0.3) is 0 Å². The van der Waals surface area contributed by atoms with Crippen LogP contribution in [0.1, 0.15) is 36.5 Å². The molecular formula is C23H28N2O4S. The van der Waals surface area contributed by atoms with Gasteiger partial charge in [-0.15, -0.1) is 0 Å². The average molecular weight is 429 g/mol. The maximum absolute atomic E-state index is 13.7. The zero-order chi connectivity index (χ0) is 21.3. The molecule has 2 heterocycles. The van der Waals surface area contributed by atoms with Crippen LogP contribution in [0.25, 0.3) is 0 Å². The number of likely N-dealkylation sites (tertiary alicyclic amines) is 1. The summed E-state index contributed by atoms with van der Waals surface area (Å²) < 4.78 is 34.5. The van der Waals surface area contributed by atoms with Gasteiger partial charge in [-0.1, -0.05) is 24.3 Å². The Morgan fingerprint density at radius 2 is 1.93 bits per heavy atom. The summed E-state index contributed by atoms with van der Waals surface area (Å²) in [7, 11) is -3.67. The summed E-state index contributed by atoms with van der Waals surface area (Å²) in [6, 6.07) is 12.9. The Hall–Kier alpha value is -2.38. The summed E-state index contributed by atoms with van der Waals surface area (Å²) in [4.78, 5) is 13.8. The molecule has 2 aliphatic heterocycles. The van der Waals surface area contributed by atoms with Crippen molar-refractivity contribution >= 4 is 15.9 Å². The van der Waals surface area contributed by atoms with Crippen molar-refractivity contribution in [1.82, 2.24) is 9.21 Å². The number of fused-ring (bicyclic) bond motifs is 1. The number of carbonyl (C=O) groups is 1. The minimum absolute atomic E-state index is 0.0418. The van der Waals surface area contributed by atoms with Crippen molar-refractivity contribution < 1.29 is 17.9 Å². The lowest BCUT2D eigenvalue weighted by Gasteiger charge is -2.37. The van der Waals surface area contributed by atoms with Gasteiger partial charge in [-0.25, -0.2) is 8.42 Å². The number of ether oxygens (including phenoxy) is 1. The molecule has 0 saturated carbocycles. The van der Waals surface area contributed by atoms with Crippen molar-refractivity contribution in [3.05, 3.63) is 59.2 Å². The van der Waals surface area contributed by atoms with E-state index in [0.717, 1.165) is 28.9 Å². The molecular weight excluding hydrogens is 400 g/mol. The molecule has 1 fully saturated rings. The van der Waals surface area contributed by atoms with Crippen LogP contribution in [0.2, 0.25) is 0 Å². The second-order valence-corrected chi connectivity index (χ2v) is 10.0. The van der Waals surface area contributed by atoms with Crippen LogP contribution in [0.15, 0.2) is 47.4 Å². The number of aryl methyl sites for hydroxylation is 1. The van der Waals surface area contributed by atoms with Crippen molar-refractivity contribution in [3.63, 3.8) is 0 Å². The van der Waals surface area contributed by atoms with Crippen molar-refractivity contribution in [2.24, 2.45) is 0 Å². The van der Waals surface area contributed by atoms with Crippen LogP contribution >= 0.6 is 0 Å². The van der Waals surface area contributed by atoms with Crippen LogP contribution in [-0.4, -0.2) is 49.3 Å². The van der Waals surface area contributed by atoms with Gasteiger partial charge in [-0.05, 0) is 54.7 Å². The van der Waals surface area contributed by atoms with E-state index in [4.69, 9.17) is 4.74 Å². The van der Waals surface area contributed by atoms with Gasteiger partial charge in [0.05, 0.1) is 11.5 Å². The zero-order valence-corrected chi connectivity index (χ0v) is 18.3. The first-order valence-corrected chi connectivity index (χ1v) is 11.9. The first kappa shape index (κ1) is 20.9. The Morgan fingerprint density at radius 1 is 1.17 bits per heavy atom. The number of carbonyl (C=O) groups excluding carboxylic acids is 1. The van der Waals surface area contributed by atoms with E-state index in [1.165, 1.54) is 0 Å². The molecule has 1 saturated heterocycles. The van der Waals surface area contributed by atoms with Gasteiger partial charge in [0.1, 0.15) is 5.75 Å². The molecule has 2 aromatic rings. The van der Waals surface area contributed by atoms with Crippen LogP contribution in [-0.2, 0) is 27.8 Å². The third-order valence-corrected chi connectivity index (χ3v) is 7.90. The maximum atomic E-state index is 13.7. The normalized spacial score (nSPS) is 17.1. The fraction of sp³-hybridized carbons (Fsp3) is 0.435. The summed E-state index contributed by atoms with van der Waals surface area (Å²) in [5.74, 6) is 0.932. The van der Waals surface area contributed by atoms with Gasteiger partial charge < -0.3 is 9.64 Å². The molecule has 2 aromatic carbocycles. The molecule has 0 radical (unpaired) electrons. The summed E-state index contributed by atoms with van der Waals surface area (Å²) in [6.45, 7) is 5.61. The summed E-state index contributed by atoms with van der Waals surface area (Å²) in [5.41, 5.74) is 3.01. The fourth-order valence-corrected chi connectivity index (χ4v) is 6.09. The van der Waals surface area contributed by atoms with Crippen LogP contribution in [0.5, 0.6) is 5.75 Å². The Bertz CT molecular complexity index is 1040. The third-order valence-electron chi connectivity index (χ3n) is 6.01. The number of benzene rings is 2. The fourth-order valence-electron chi connectivity index (χ4n) is 4.31. The van der Waals surface area contributed by atoms with E-state index in [9.17, 15) is 13.2 Å². The number of piperidine rings is 1. The second kappa shape index (κ2) is 8.40. The van der Waals surface area contributed by atoms with Crippen LogP contribution in [0.3, 0.4) is 0 Å². The van der Waals surface area contributed by atoms with Gasteiger partial charge in [0.2, 0.25) is 15.9 Å². The number of hydrogen-bond acceptors (Lipinski definition) is 4. The smallest absolute Gasteiger partial charge is 0.243 e. The van der Waals surface area contributed by atoms with Crippen molar-refractivity contribution in [2.45, 2.75) is 50.6 Å². The molecule has 0 aliphatic carbocycles. The second-order valence-electron chi connectivity index (χ2n) is 8.14. The van der Waals surface area contributed by atoms with E-state index < -0.39 is 10.0 Å². The summed E-state index contributed by atoms with van der Waals surface area (Å²) >= 11 is 0. The topological polar surface area (TPSA) is 66.9 Å². The van der Waals surface area contributed by atoms with Crippen molar-refractivity contribution in [3.8, 4) is 5.75 Å². The highest BCUT2D eigenvalue weighted by Crippen LogP contribution is 2.30. The molecule has 30 heavy (non-hydrogen) atoms. The van der Waals surface area contributed by atoms with Gasteiger partial charge >= 0.3 is 0 Å². The van der Waals surface area contributed by atoms with E-state index in [1.807, 2.05) is 25.1 Å². The number of amides is 1. The van der Waals surface area contributed by atoms with E-state index in [2.05, 4.69) is 6.07 Å². The summed E-state index contributed by atoms with van der Waals surface area (Å²) in [5, 5.41) is 0. The van der Waals surface area contributed by atoms with Gasteiger partial charge in [-0.3, -0.25) is 4.79 Å². The van der Waals surface area contributed by atoms with Crippen molar-refractivity contribution in [2.75, 3.05) is 19.7 Å². The van der Waals surface area contributed by atoms with E-state index in [-0.39, 0.29) is 11.9 Å². The quantitative estimate of drug-likeness (QED) is 0.734. The van der Waals surface area contributed by atoms with Crippen LogP contribution in [0, 0.1) is 6.92 Å². The molecule has 0 N–H and O–H groups in total. The maximum Gasteiger partial charge on any atom is 0.243 e. The van der Waals surface area contributed by atoms with Gasteiger partial charge in [0, 0.05) is 39.0 Å². The number of rotatable bonds is 5. The standard InChI is InChI=1S/C23H28N2O4S/c1-17-4-3-5-22(14-17)30(27,28)25(21-8-11-24(12-9-21)18(2)26)16-19-6-7-23-20(15-19)10-13-29-23/h3-7,14-15,21H,8-13,16H2,1-2H3. The monoisotopic (exact) mass is 428 g/mol. The first-order valence-electron chi connectivity index (χ1n) is 10.4. The Kier molecular flexibility index (Phi) is 5.84. The molecule has 1 amide bonds. The number of sulfonamides is 1. The summed E-state index contributed by atoms with van der Waals surface area (Å²) in [6.07, 6.45) is 2.13. The predicted octanol–water partition coefficient (Wildman–Crippen LogP) is 3.13. The van der Waals surface area contributed by atoms with Gasteiger partial charge in [0.15, 0.2) is 0 Å². The molecule has 6 nitrogen and oxygen atoms in total. The molecule has 2 aliphatic rings. The predicted molar refractivity (Wildman–Crippen MR) is 115 cm³/mol. The minimum atomic E-state index is -3.67. The Balaban J connectivity index is 1.65. The molecule has 0 unspecified atom stereocenters. The first-order chi connectivity index (χ1) is 14.3. The molecule has 0 spiro atoms. The molecule has 0 atom stereocenters. The number of hydrogen-bond donors (Lipinski definition) is 0. The van der Waals surface area contributed by atoms with Crippen LogP contribution < -0.4 is 4.74 Å². The third kappa shape index (κ3) is 4.23. The molecule has 160 valence electrons. The molecule has 0 bridgehead atoms. The highest BCUT2D eigenvalue weighted by Gasteiger charge is 2.34. The lowest BCUT2D eigenvalue weighted by atomic mass is 10.0. The highest BCUT2D eigenvalue weighted by molar-refractivity contribution is 7.89. The largest absolute Gasteiger partial charge is 0.493 e. The van der Waals surface area contributed by atoms with Crippen molar-refractivity contribution in [1.29, 1.82) is 0 Å². The van der Waals surface area contributed by atoms with E-state index in [0.29, 0.717) is 44.0 Å². The zero-order valence-electron chi connectivity index (χ0n) is 17.5. The Labute approximate surface area is 178 Å². The molecule has 0 aromatic heterocycles. The number of nitrogens with zero attached hydrogens (tertiary/aromatic N) is 2. The minimum Gasteiger partial charge on any atom is -0.493 e. The lowest BCUT2D eigenvalue weighted by molar-refractivity contribution is -0.130. The van der Waals surface area contributed by atoms with E-state index in [1.54, 1.807) is 34.3 Å².